The Hall–Kier alpha value is -1.60. The first-order chi connectivity index (χ1) is 6.33. The minimum Gasteiger partial charge on any atom is -0.302 e. The fourth-order valence-corrected chi connectivity index (χ4v) is 1.44. The molecule has 0 fully saturated rings. The molecule has 0 bridgehead atoms. The maximum atomic E-state index is 8.53. The summed E-state index contributed by atoms with van der Waals surface area (Å²) in [5, 5.41) is 8.91. The third-order valence-corrected chi connectivity index (χ3v) is 2.00. The summed E-state index contributed by atoms with van der Waals surface area (Å²) in [6.45, 7) is 0. The highest BCUT2D eigenvalue weighted by Crippen LogP contribution is 2.17. The van der Waals surface area contributed by atoms with Crippen LogP contribution >= 0.6 is 11.6 Å². The van der Waals surface area contributed by atoms with Crippen molar-refractivity contribution >= 4 is 17.1 Å². The fraction of sp³-hybridized carbons (Fsp3) is 0.125. The van der Waals surface area contributed by atoms with E-state index in [-0.39, 0.29) is 6.42 Å². The second kappa shape index (κ2) is 3.04. The lowest BCUT2D eigenvalue weighted by molar-refractivity contribution is 1.11. The SMILES string of the molecule is N#CCc1ncn2ccnc(Cl)c12. The maximum Gasteiger partial charge on any atom is 0.154 e. The maximum absolute atomic E-state index is 8.53. The topological polar surface area (TPSA) is 54.0 Å². The zero-order valence-corrected chi connectivity index (χ0v) is 7.36. The number of rotatable bonds is 1. The number of hydrogen-bond acceptors (Lipinski definition) is 3. The van der Waals surface area contributed by atoms with Gasteiger partial charge in [-0.2, -0.15) is 5.26 Å². The number of halogens is 1. The summed E-state index contributed by atoms with van der Waals surface area (Å²) in [4.78, 5) is 7.98. The molecule has 0 atom stereocenters. The minimum atomic E-state index is 0.252. The highest BCUT2D eigenvalue weighted by Gasteiger charge is 2.07. The Kier molecular flexibility index (Phi) is 1.87. The molecule has 0 aliphatic heterocycles. The summed E-state index contributed by atoms with van der Waals surface area (Å²) in [5.41, 5.74) is 1.38. The molecule has 0 unspecified atom stereocenters. The first-order valence-electron chi connectivity index (χ1n) is 3.66. The van der Waals surface area contributed by atoms with Crippen molar-refractivity contribution in [1.82, 2.24) is 14.4 Å². The molecule has 0 saturated carbocycles. The molecule has 5 heteroatoms. The van der Waals surface area contributed by atoms with Crippen LogP contribution in [0.5, 0.6) is 0 Å². The van der Waals surface area contributed by atoms with Gasteiger partial charge >= 0.3 is 0 Å². The molecule has 0 aliphatic rings. The lowest BCUT2D eigenvalue weighted by atomic mass is 10.3. The van der Waals surface area contributed by atoms with E-state index in [0.717, 1.165) is 0 Å². The molecule has 0 aliphatic carbocycles. The Labute approximate surface area is 79.4 Å². The molecule has 0 N–H and O–H groups in total. The van der Waals surface area contributed by atoms with Crippen LogP contribution < -0.4 is 0 Å². The third-order valence-electron chi connectivity index (χ3n) is 1.73. The molecule has 0 aromatic carbocycles. The highest BCUT2D eigenvalue weighted by molar-refractivity contribution is 6.32. The first-order valence-corrected chi connectivity index (χ1v) is 4.03. The molecule has 2 rings (SSSR count). The summed E-state index contributed by atoms with van der Waals surface area (Å²) in [6, 6.07) is 2.03. The van der Waals surface area contributed by atoms with Gasteiger partial charge in [-0.1, -0.05) is 11.6 Å². The summed E-state index contributed by atoms with van der Waals surface area (Å²) in [7, 11) is 0. The highest BCUT2D eigenvalue weighted by atomic mass is 35.5. The van der Waals surface area contributed by atoms with Crippen LogP contribution in [0.4, 0.5) is 0 Å². The monoisotopic (exact) mass is 192 g/mol. The van der Waals surface area contributed by atoms with Gasteiger partial charge in [-0.15, -0.1) is 0 Å². The second-order valence-electron chi connectivity index (χ2n) is 2.50. The summed E-state index contributed by atoms with van der Waals surface area (Å²) < 4.78 is 1.75. The average Bonchev–Trinajstić information content (AvgIpc) is 2.51. The van der Waals surface area contributed by atoms with E-state index in [2.05, 4.69) is 9.97 Å². The molecule has 2 aromatic heterocycles. The van der Waals surface area contributed by atoms with Crippen LogP contribution in [-0.2, 0) is 6.42 Å². The molecule has 0 radical (unpaired) electrons. The van der Waals surface area contributed by atoms with Gasteiger partial charge in [-0.3, -0.25) is 0 Å². The van der Waals surface area contributed by atoms with Crippen LogP contribution in [0.2, 0.25) is 5.15 Å². The Morgan fingerprint density at radius 2 is 2.38 bits per heavy atom. The van der Waals surface area contributed by atoms with E-state index in [1.54, 1.807) is 23.1 Å². The van der Waals surface area contributed by atoms with E-state index in [1.165, 1.54) is 0 Å². The number of aromatic nitrogens is 3. The van der Waals surface area contributed by atoms with Gasteiger partial charge in [0.05, 0.1) is 24.5 Å². The standard InChI is InChI=1S/C8H5ClN4/c9-8-7-6(1-2-10)12-5-13(7)4-3-11-8/h3-5H,1H2. The Morgan fingerprint density at radius 3 is 3.15 bits per heavy atom. The molecule has 13 heavy (non-hydrogen) atoms. The zero-order valence-electron chi connectivity index (χ0n) is 6.61. The molecule has 0 amide bonds. The van der Waals surface area contributed by atoms with Crippen molar-refractivity contribution in [2.24, 2.45) is 0 Å². The van der Waals surface area contributed by atoms with E-state index in [9.17, 15) is 0 Å². The van der Waals surface area contributed by atoms with Gasteiger partial charge in [-0.25, -0.2) is 9.97 Å². The van der Waals surface area contributed by atoms with Gasteiger partial charge in [0.25, 0.3) is 0 Å². The number of nitrogens with zero attached hydrogens (tertiary/aromatic N) is 4. The molecule has 2 aromatic rings. The minimum absolute atomic E-state index is 0.252. The molecular formula is C8H5ClN4. The normalized spacial score (nSPS) is 10.2. The van der Waals surface area contributed by atoms with Gasteiger partial charge in [0, 0.05) is 12.4 Å². The molecule has 0 saturated heterocycles. The van der Waals surface area contributed by atoms with Crippen molar-refractivity contribution in [3.8, 4) is 6.07 Å². The number of imidazole rings is 1. The van der Waals surface area contributed by atoms with Gasteiger partial charge in [0.1, 0.15) is 5.52 Å². The lowest BCUT2D eigenvalue weighted by Gasteiger charge is -1.95. The van der Waals surface area contributed by atoms with Crippen molar-refractivity contribution in [3.05, 3.63) is 29.6 Å². The van der Waals surface area contributed by atoms with Gasteiger partial charge < -0.3 is 4.40 Å². The van der Waals surface area contributed by atoms with Crippen LogP contribution in [0.25, 0.3) is 5.52 Å². The van der Waals surface area contributed by atoms with Crippen LogP contribution in [0, 0.1) is 11.3 Å². The zero-order chi connectivity index (χ0) is 9.26. The average molecular weight is 193 g/mol. The molecule has 0 spiro atoms. The quantitative estimate of drug-likeness (QED) is 0.687. The summed E-state index contributed by atoms with van der Waals surface area (Å²) in [5.74, 6) is 0. The molecule has 4 nitrogen and oxygen atoms in total. The first kappa shape index (κ1) is 8.02. The van der Waals surface area contributed by atoms with Crippen molar-refractivity contribution in [2.45, 2.75) is 6.42 Å². The Bertz CT molecular complexity index is 482. The van der Waals surface area contributed by atoms with Gasteiger partial charge in [0.2, 0.25) is 0 Å². The van der Waals surface area contributed by atoms with Gasteiger partial charge in [-0.05, 0) is 0 Å². The Morgan fingerprint density at radius 1 is 1.54 bits per heavy atom. The fourth-order valence-electron chi connectivity index (χ4n) is 1.17. The van der Waals surface area contributed by atoms with E-state index < -0.39 is 0 Å². The molecular weight excluding hydrogens is 188 g/mol. The van der Waals surface area contributed by atoms with Crippen molar-refractivity contribution in [1.29, 1.82) is 5.26 Å². The Balaban J connectivity index is 2.73. The summed E-state index contributed by atoms with van der Waals surface area (Å²) in [6.07, 6.45) is 5.21. The van der Waals surface area contributed by atoms with E-state index in [0.29, 0.717) is 16.4 Å². The third kappa shape index (κ3) is 1.23. The lowest BCUT2D eigenvalue weighted by Crippen LogP contribution is -1.88. The summed E-state index contributed by atoms with van der Waals surface area (Å²) >= 11 is 5.86. The second-order valence-corrected chi connectivity index (χ2v) is 2.86. The van der Waals surface area contributed by atoms with E-state index >= 15 is 0 Å². The molecule has 64 valence electrons. The van der Waals surface area contributed by atoms with Crippen molar-refractivity contribution in [2.75, 3.05) is 0 Å². The predicted molar refractivity (Wildman–Crippen MR) is 47.3 cm³/mol. The van der Waals surface area contributed by atoms with E-state index in [1.807, 2.05) is 6.07 Å². The van der Waals surface area contributed by atoms with Crippen molar-refractivity contribution in [3.63, 3.8) is 0 Å². The van der Waals surface area contributed by atoms with Crippen LogP contribution in [0.1, 0.15) is 5.69 Å². The van der Waals surface area contributed by atoms with E-state index in [4.69, 9.17) is 16.9 Å². The largest absolute Gasteiger partial charge is 0.302 e. The van der Waals surface area contributed by atoms with Crippen LogP contribution in [0.15, 0.2) is 18.7 Å². The number of nitriles is 1. The van der Waals surface area contributed by atoms with Gasteiger partial charge in [0.15, 0.2) is 5.15 Å². The predicted octanol–water partition coefficient (Wildman–Crippen LogP) is 1.45. The van der Waals surface area contributed by atoms with Crippen LogP contribution in [0.3, 0.4) is 0 Å². The number of hydrogen-bond donors (Lipinski definition) is 0. The molecule has 2 heterocycles. The smallest absolute Gasteiger partial charge is 0.154 e. The van der Waals surface area contributed by atoms with Crippen LogP contribution in [-0.4, -0.2) is 14.4 Å². The number of fused-ring (bicyclic) bond motifs is 1. The van der Waals surface area contributed by atoms with Crippen molar-refractivity contribution < 1.29 is 0 Å².